The van der Waals surface area contributed by atoms with E-state index < -0.39 is 0 Å². The van der Waals surface area contributed by atoms with Crippen molar-refractivity contribution < 1.29 is 9.15 Å². The first kappa shape index (κ1) is 26.2. The zero-order valence-electron chi connectivity index (χ0n) is 24.6. The van der Waals surface area contributed by atoms with Gasteiger partial charge in [0.1, 0.15) is 12.5 Å². The van der Waals surface area contributed by atoms with Crippen molar-refractivity contribution in [3.05, 3.63) is 152 Å². The number of benzene rings is 5. The van der Waals surface area contributed by atoms with Gasteiger partial charge in [0.25, 0.3) is 0 Å². The van der Waals surface area contributed by atoms with Gasteiger partial charge in [-0.25, -0.2) is 4.98 Å². The van der Waals surface area contributed by atoms with Gasteiger partial charge in [0.15, 0.2) is 6.23 Å². The van der Waals surface area contributed by atoms with Crippen LogP contribution in [0.2, 0.25) is 0 Å². The van der Waals surface area contributed by atoms with Crippen molar-refractivity contribution in [3.63, 3.8) is 0 Å². The fourth-order valence-electron chi connectivity index (χ4n) is 6.55. The number of aromatic nitrogens is 3. The van der Waals surface area contributed by atoms with Gasteiger partial charge in [-0.3, -0.25) is 9.97 Å². The second-order valence-corrected chi connectivity index (χ2v) is 11.3. The molecule has 1 aliphatic rings. The topological polar surface area (TPSA) is 73.1 Å². The molecule has 46 heavy (non-hydrogen) atoms. The summed E-state index contributed by atoms with van der Waals surface area (Å²) in [6, 6.07) is 38.4. The van der Waals surface area contributed by atoms with Crippen molar-refractivity contribution in [2.45, 2.75) is 6.23 Å². The Labute approximate surface area is 264 Å². The Hall–Kier alpha value is -6.27. The molecule has 5 aromatic carbocycles. The molecular weight excluding hydrogens is 568 g/mol. The van der Waals surface area contributed by atoms with Crippen molar-refractivity contribution in [1.82, 2.24) is 20.3 Å². The maximum absolute atomic E-state index is 5.80. The molecule has 0 aliphatic carbocycles. The summed E-state index contributed by atoms with van der Waals surface area (Å²) in [5.41, 5.74) is 7.99. The number of ether oxygens (including phenoxy) is 1. The van der Waals surface area contributed by atoms with E-state index in [1.807, 2.05) is 30.7 Å². The first-order valence-electron chi connectivity index (χ1n) is 15.2. The molecule has 0 bridgehead atoms. The molecule has 1 N–H and O–H groups in total. The highest BCUT2D eigenvalue weighted by molar-refractivity contribution is 6.21. The predicted octanol–water partition coefficient (Wildman–Crippen LogP) is 9.68. The van der Waals surface area contributed by atoms with Crippen LogP contribution in [-0.4, -0.2) is 15.0 Å². The molecule has 1 atom stereocenters. The van der Waals surface area contributed by atoms with Crippen LogP contribution in [0.5, 0.6) is 0 Å². The minimum atomic E-state index is -0.256. The molecule has 0 amide bonds. The Bertz CT molecular complexity index is 2440. The quantitative estimate of drug-likeness (QED) is 0.200. The van der Waals surface area contributed by atoms with Crippen LogP contribution in [-0.2, 0) is 4.74 Å². The number of nitrogens with one attached hydrogen (secondary N) is 1. The van der Waals surface area contributed by atoms with Crippen LogP contribution in [0.1, 0.15) is 11.8 Å². The molecule has 0 fully saturated rings. The molecule has 6 nitrogen and oxygen atoms in total. The lowest BCUT2D eigenvalue weighted by molar-refractivity contribution is 0.154. The van der Waals surface area contributed by atoms with Crippen LogP contribution in [0.4, 0.5) is 0 Å². The Balaban J connectivity index is 1.34. The highest BCUT2D eigenvalue weighted by atomic mass is 16.5. The maximum atomic E-state index is 5.80. The highest BCUT2D eigenvalue weighted by Gasteiger charge is 2.21. The zero-order valence-corrected chi connectivity index (χ0v) is 24.6. The molecule has 1 aliphatic heterocycles. The first-order chi connectivity index (χ1) is 22.8. The van der Waals surface area contributed by atoms with Crippen LogP contribution in [0, 0.1) is 0 Å². The monoisotopic (exact) mass is 594 g/mol. The van der Waals surface area contributed by atoms with E-state index in [1.54, 1.807) is 18.7 Å². The number of oxazole rings is 1. The van der Waals surface area contributed by atoms with Crippen molar-refractivity contribution in [2.75, 3.05) is 0 Å². The lowest BCUT2D eigenvalue weighted by Crippen LogP contribution is -2.11. The average Bonchev–Trinajstić information content (AvgIpc) is 3.86. The molecule has 8 aromatic rings. The van der Waals surface area contributed by atoms with Gasteiger partial charge in [0.2, 0.25) is 5.89 Å². The third-order valence-electron chi connectivity index (χ3n) is 8.68. The Morgan fingerprint density at radius 3 is 2.07 bits per heavy atom. The summed E-state index contributed by atoms with van der Waals surface area (Å²) in [6.45, 7) is 0. The normalized spacial score (nSPS) is 14.1. The van der Waals surface area contributed by atoms with Crippen molar-refractivity contribution >= 4 is 32.3 Å². The van der Waals surface area contributed by atoms with Crippen LogP contribution in [0.3, 0.4) is 0 Å². The first-order valence-corrected chi connectivity index (χ1v) is 15.2. The van der Waals surface area contributed by atoms with E-state index in [4.69, 9.17) is 19.1 Å². The zero-order chi connectivity index (χ0) is 30.5. The van der Waals surface area contributed by atoms with Gasteiger partial charge in [0, 0.05) is 40.8 Å². The SMILES string of the molecule is C1=COC(c2ccnc(-c3c4ccccc4c(-c4cc(-c5ncco5)ccn4)c4ccc(-c5ccc6ccccc6c5)cc34)c2)N1. The van der Waals surface area contributed by atoms with Gasteiger partial charge >= 0.3 is 0 Å². The number of hydrogen-bond acceptors (Lipinski definition) is 6. The van der Waals surface area contributed by atoms with Crippen LogP contribution >= 0.6 is 0 Å². The second kappa shape index (κ2) is 10.7. The minimum Gasteiger partial charge on any atom is -0.473 e. The number of nitrogens with zero attached hydrogens (tertiary/aromatic N) is 3. The fraction of sp³-hybridized carbons (Fsp3) is 0.0250. The van der Waals surface area contributed by atoms with Gasteiger partial charge in [0.05, 0.1) is 17.6 Å². The molecule has 3 aromatic heterocycles. The van der Waals surface area contributed by atoms with Gasteiger partial charge in [-0.05, 0) is 79.8 Å². The third kappa shape index (κ3) is 4.39. The standard InChI is InChI=1S/C40H26N4O2/c1-2-6-26-21-27(10-9-25(26)5-1)28-11-12-33-34(22-28)38(36-24-30(14-16-42-36)40-44-18-20-46-40)32-8-4-3-7-31(32)37(33)35-23-29(13-15-41-35)39-43-17-19-45-39/h1-24,40,44H. The van der Waals surface area contributed by atoms with Crippen molar-refractivity contribution in [2.24, 2.45) is 0 Å². The lowest BCUT2D eigenvalue weighted by Gasteiger charge is -2.19. The summed E-state index contributed by atoms with van der Waals surface area (Å²) >= 11 is 0. The van der Waals surface area contributed by atoms with E-state index in [1.165, 1.54) is 10.8 Å². The van der Waals surface area contributed by atoms with Gasteiger partial charge in [-0.1, -0.05) is 72.8 Å². The third-order valence-corrected chi connectivity index (χ3v) is 8.68. The van der Waals surface area contributed by atoms with Crippen LogP contribution in [0.25, 0.3) is 77.4 Å². The van der Waals surface area contributed by atoms with Crippen LogP contribution < -0.4 is 5.32 Å². The fourth-order valence-corrected chi connectivity index (χ4v) is 6.55. The van der Waals surface area contributed by atoms with Crippen molar-refractivity contribution in [1.29, 1.82) is 0 Å². The van der Waals surface area contributed by atoms with E-state index >= 15 is 0 Å². The molecule has 0 saturated carbocycles. The molecule has 9 rings (SSSR count). The smallest absolute Gasteiger partial charge is 0.225 e. The van der Waals surface area contributed by atoms with E-state index in [2.05, 4.69) is 107 Å². The van der Waals surface area contributed by atoms with E-state index in [0.29, 0.717) is 5.89 Å². The lowest BCUT2D eigenvalue weighted by atomic mass is 9.86. The van der Waals surface area contributed by atoms with E-state index in [-0.39, 0.29) is 6.23 Å². The molecule has 0 radical (unpaired) electrons. The molecule has 1 unspecified atom stereocenters. The molecule has 0 spiro atoms. The molecule has 0 saturated heterocycles. The maximum Gasteiger partial charge on any atom is 0.225 e. The van der Waals surface area contributed by atoms with Gasteiger partial charge in [-0.2, -0.15) is 0 Å². The van der Waals surface area contributed by atoms with E-state index in [0.717, 1.165) is 66.3 Å². The van der Waals surface area contributed by atoms with Crippen molar-refractivity contribution in [3.8, 4) is 45.1 Å². The van der Waals surface area contributed by atoms with Gasteiger partial charge < -0.3 is 14.5 Å². The van der Waals surface area contributed by atoms with Gasteiger partial charge in [-0.15, -0.1) is 0 Å². The Morgan fingerprint density at radius 1 is 0.543 bits per heavy atom. The summed E-state index contributed by atoms with van der Waals surface area (Å²) in [7, 11) is 0. The summed E-state index contributed by atoms with van der Waals surface area (Å²) in [5.74, 6) is 0.561. The number of pyridine rings is 2. The van der Waals surface area contributed by atoms with E-state index in [9.17, 15) is 0 Å². The molecule has 218 valence electrons. The molecule has 4 heterocycles. The molecular formula is C40H26N4O2. The number of hydrogen-bond donors (Lipinski definition) is 1. The highest BCUT2D eigenvalue weighted by Crippen LogP contribution is 2.45. The summed E-state index contributed by atoms with van der Waals surface area (Å²) < 4.78 is 11.4. The minimum absolute atomic E-state index is 0.256. The summed E-state index contributed by atoms with van der Waals surface area (Å²) in [6.07, 6.45) is 10.2. The summed E-state index contributed by atoms with van der Waals surface area (Å²) in [4.78, 5) is 14.2. The average molecular weight is 595 g/mol. The van der Waals surface area contributed by atoms with Crippen LogP contribution in [0.15, 0.2) is 151 Å². The molecule has 6 heteroatoms. The summed E-state index contributed by atoms with van der Waals surface area (Å²) in [5, 5.41) is 10.0. The predicted molar refractivity (Wildman–Crippen MR) is 182 cm³/mol. The Kier molecular flexibility index (Phi) is 6.09. The second-order valence-electron chi connectivity index (χ2n) is 11.3. The largest absolute Gasteiger partial charge is 0.473 e. The number of rotatable bonds is 5. The Morgan fingerprint density at radius 2 is 1.26 bits per heavy atom. The number of fused-ring (bicyclic) bond motifs is 3.